The zero-order valence-corrected chi connectivity index (χ0v) is 12.5. The van der Waals surface area contributed by atoms with E-state index in [1.165, 1.54) is 11.3 Å². The second kappa shape index (κ2) is 5.26. The Kier molecular flexibility index (Phi) is 3.46. The van der Waals surface area contributed by atoms with Gasteiger partial charge in [-0.05, 0) is 36.8 Å². The Morgan fingerprint density at radius 3 is 2.85 bits per heavy atom. The Morgan fingerprint density at radius 1 is 1.25 bits per heavy atom. The van der Waals surface area contributed by atoms with Gasteiger partial charge in [-0.25, -0.2) is 4.98 Å². The van der Waals surface area contributed by atoms with Crippen LogP contribution in [-0.2, 0) is 0 Å². The molecule has 5 heteroatoms. The third-order valence-corrected chi connectivity index (χ3v) is 4.21. The highest BCUT2D eigenvalue weighted by Crippen LogP contribution is 2.26. The second-order valence-corrected chi connectivity index (χ2v) is 5.99. The number of anilines is 1. The van der Waals surface area contributed by atoms with Gasteiger partial charge < -0.3 is 0 Å². The molecule has 0 saturated heterocycles. The van der Waals surface area contributed by atoms with Gasteiger partial charge in [0, 0.05) is 10.5 Å². The number of thiol groups is 1. The van der Waals surface area contributed by atoms with Crippen LogP contribution >= 0.6 is 24.0 Å². The predicted molar refractivity (Wildman–Crippen MR) is 86.0 cm³/mol. The number of thiazole rings is 1. The van der Waals surface area contributed by atoms with E-state index in [2.05, 4.69) is 22.9 Å². The lowest BCUT2D eigenvalue weighted by Crippen LogP contribution is -2.13. The van der Waals surface area contributed by atoms with Crippen molar-refractivity contribution in [3.63, 3.8) is 0 Å². The molecule has 2 aromatic carbocycles. The van der Waals surface area contributed by atoms with Crippen LogP contribution in [0.2, 0.25) is 0 Å². The van der Waals surface area contributed by atoms with Gasteiger partial charge in [0.05, 0.1) is 10.2 Å². The lowest BCUT2D eigenvalue weighted by Gasteiger charge is -2.05. The summed E-state index contributed by atoms with van der Waals surface area (Å²) in [5, 5.41) is 3.46. The van der Waals surface area contributed by atoms with E-state index in [0.29, 0.717) is 10.7 Å². The van der Waals surface area contributed by atoms with Gasteiger partial charge in [0.25, 0.3) is 5.91 Å². The topological polar surface area (TPSA) is 42.0 Å². The molecule has 100 valence electrons. The first-order chi connectivity index (χ1) is 9.63. The van der Waals surface area contributed by atoms with Crippen molar-refractivity contribution in [2.75, 3.05) is 5.32 Å². The third kappa shape index (κ3) is 2.55. The molecule has 1 N–H and O–H groups in total. The Balaban J connectivity index is 1.90. The van der Waals surface area contributed by atoms with Crippen molar-refractivity contribution in [3.8, 4) is 0 Å². The molecule has 1 heterocycles. The summed E-state index contributed by atoms with van der Waals surface area (Å²) in [5.41, 5.74) is 2.44. The zero-order valence-electron chi connectivity index (χ0n) is 10.8. The zero-order chi connectivity index (χ0) is 14.1. The maximum Gasteiger partial charge on any atom is 0.257 e. The molecular weight excluding hydrogens is 288 g/mol. The molecule has 3 nitrogen and oxygen atoms in total. The van der Waals surface area contributed by atoms with Gasteiger partial charge in [-0.2, -0.15) is 0 Å². The van der Waals surface area contributed by atoms with Crippen molar-refractivity contribution < 1.29 is 4.79 Å². The summed E-state index contributed by atoms with van der Waals surface area (Å²) in [6, 6.07) is 13.3. The highest BCUT2D eigenvalue weighted by molar-refractivity contribution is 7.80. The SMILES string of the molecule is Cc1ccc(S)cc1C(=O)Nc1nc2ccccc2s1. The molecule has 1 amide bonds. The number of rotatable bonds is 2. The first kappa shape index (κ1) is 13.1. The van der Waals surface area contributed by atoms with Crippen LogP contribution in [0.1, 0.15) is 15.9 Å². The van der Waals surface area contributed by atoms with Gasteiger partial charge in [-0.3, -0.25) is 10.1 Å². The molecule has 3 aromatic rings. The number of fused-ring (bicyclic) bond motifs is 1. The van der Waals surface area contributed by atoms with Crippen LogP contribution in [0.5, 0.6) is 0 Å². The smallest absolute Gasteiger partial charge is 0.257 e. The number of benzene rings is 2. The van der Waals surface area contributed by atoms with Gasteiger partial charge in [-0.15, -0.1) is 12.6 Å². The molecule has 0 fully saturated rings. The number of aromatic nitrogens is 1. The molecule has 0 unspecified atom stereocenters. The summed E-state index contributed by atoms with van der Waals surface area (Å²) >= 11 is 5.74. The summed E-state index contributed by atoms with van der Waals surface area (Å²) in [6.07, 6.45) is 0. The van der Waals surface area contributed by atoms with E-state index in [1.54, 1.807) is 6.07 Å². The number of nitrogens with one attached hydrogen (secondary N) is 1. The summed E-state index contributed by atoms with van der Waals surface area (Å²) in [6.45, 7) is 1.90. The Bertz CT molecular complexity index is 762. The van der Waals surface area contributed by atoms with Gasteiger partial charge in [0.2, 0.25) is 0 Å². The van der Waals surface area contributed by atoms with E-state index in [-0.39, 0.29) is 5.91 Å². The first-order valence-electron chi connectivity index (χ1n) is 6.10. The van der Waals surface area contributed by atoms with Crippen LogP contribution in [0, 0.1) is 6.92 Å². The average Bonchev–Trinajstić information content (AvgIpc) is 2.83. The number of nitrogens with zero attached hydrogens (tertiary/aromatic N) is 1. The van der Waals surface area contributed by atoms with Gasteiger partial charge in [0.15, 0.2) is 5.13 Å². The normalized spacial score (nSPS) is 10.7. The van der Waals surface area contributed by atoms with E-state index >= 15 is 0 Å². The van der Waals surface area contributed by atoms with Crippen molar-refractivity contribution in [3.05, 3.63) is 53.6 Å². The summed E-state index contributed by atoms with van der Waals surface area (Å²) < 4.78 is 1.06. The number of amides is 1. The Morgan fingerprint density at radius 2 is 2.05 bits per heavy atom. The van der Waals surface area contributed by atoms with Crippen LogP contribution in [-0.4, -0.2) is 10.9 Å². The lowest BCUT2D eigenvalue weighted by atomic mass is 10.1. The fourth-order valence-corrected chi connectivity index (χ4v) is 3.01. The minimum atomic E-state index is -0.155. The van der Waals surface area contributed by atoms with Crippen LogP contribution in [0.3, 0.4) is 0 Å². The highest BCUT2D eigenvalue weighted by Gasteiger charge is 2.12. The van der Waals surface area contributed by atoms with E-state index < -0.39 is 0 Å². The molecule has 0 radical (unpaired) electrons. The van der Waals surface area contributed by atoms with Gasteiger partial charge >= 0.3 is 0 Å². The number of hydrogen-bond donors (Lipinski definition) is 2. The van der Waals surface area contributed by atoms with Crippen LogP contribution < -0.4 is 5.32 Å². The first-order valence-corrected chi connectivity index (χ1v) is 7.36. The number of carbonyl (C=O) groups excluding carboxylic acids is 1. The van der Waals surface area contributed by atoms with Gasteiger partial charge in [0.1, 0.15) is 0 Å². The van der Waals surface area contributed by atoms with E-state index in [9.17, 15) is 4.79 Å². The molecule has 0 saturated carbocycles. The highest BCUT2D eigenvalue weighted by atomic mass is 32.1. The van der Waals surface area contributed by atoms with E-state index in [0.717, 1.165) is 20.7 Å². The summed E-state index contributed by atoms with van der Waals surface area (Å²) in [4.78, 5) is 17.5. The summed E-state index contributed by atoms with van der Waals surface area (Å²) in [5.74, 6) is -0.155. The minimum Gasteiger partial charge on any atom is -0.298 e. The molecule has 3 rings (SSSR count). The minimum absolute atomic E-state index is 0.155. The average molecular weight is 300 g/mol. The Labute approximate surface area is 126 Å². The number of para-hydroxylation sites is 1. The molecular formula is C15H12N2OS2. The molecule has 0 bridgehead atoms. The second-order valence-electron chi connectivity index (χ2n) is 4.44. The van der Waals surface area contributed by atoms with Crippen molar-refractivity contribution in [2.45, 2.75) is 11.8 Å². The maximum absolute atomic E-state index is 12.3. The largest absolute Gasteiger partial charge is 0.298 e. The molecule has 0 aliphatic heterocycles. The molecule has 0 aliphatic carbocycles. The lowest BCUT2D eigenvalue weighted by molar-refractivity contribution is 0.102. The fourth-order valence-electron chi connectivity index (χ4n) is 1.94. The van der Waals surface area contributed by atoms with Gasteiger partial charge in [-0.1, -0.05) is 29.5 Å². The van der Waals surface area contributed by atoms with E-state index in [4.69, 9.17) is 0 Å². The molecule has 0 aliphatic rings. The Hall–Kier alpha value is -1.85. The van der Waals surface area contributed by atoms with E-state index in [1.807, 2.05) is 43.3 Å². The van der Waals surface area contributed by atoms with Crippen LogP contribution in [0.4, 0.5) is 5.13 Å². The van der Waals surface area contributed by atoms with Crippen LogP contribution in [0.15, 0.2) is 47.4 Å². The summed E-state index contributed by atoms with van der Waals surface area (Å²) in [7, 11) is 0. The molecule has 1 aromatic heterocycles. The number of hydrogen-bond acceptors (Lipinski definition) is 4. The molecule has 0 spiro atoms. The monoisotopic (exact) mass is 300 g/mol. The van der Waals surface area contributed by atoms with Crippen molar-refractivity contribution in [1.82, 2.24) is 4.98 Å². The number of carbonyl (C=O) groups is 1. The fraction of sp³-hybridized carbons (Fsp3) is 0.0667. The van der Waals surface area contributed by atoms with Crippen LogP contribution in [0.25, 0.3) is 10.2 Å². The predicted octanol–water partition coefficient (Wildman–Crippen LogP) is 4.15. The molecule has 0 atom stereocenters. The molecule has 20 heavy (non-hydrogen) atoms. The number of aryl methyl sites for hydroxylation is 1. The standard InChI is InChI=1S/C15H12N2OS2/c1-9-6-7-10(19)8-11(9)14(18)17-15-16-12-4-2-3-5-13(12)20-15/h2-8,19H,1H3,(H,16,17,18). The van der Waals surface area contributed by atoms with Crippen molar-refractivity contribution in [2.24, 2.45) is 0 Å². The quantitative estimate of drug-likeness (QED) is 0.698. The maximum atomic E-state index is 12.3. The van der Waals surface area contributed by atoms with Crippen molar-refractivity contribution >= 4 is 45.2 Å². The van der Waals surface area contributed by atoms with Crippen molar-refractivity contribution in [1.29, 1.82) is 0 Å². The third-order valence-electron chi connectivity index (χ3n) is 2.98.